The second-order valence-electron chi connectivity index (χ2n) is 20.2. The lowest BCUT2D eigenvalue weighted by Crippen LogP contribution is -2.81. The van der Waals surface area contributed by atoms with E-state index in [9.17, 15) is 34.5 Å². The average molecular weight is 949 g/mol. The van der Waals surface area contributed by atoms with Crippen LogP contribution in [0.25, 0.3) is 0 Å². The summed E-state index contributed by atoms with van der Waals surface area (Å²) in [6.07, 6.45) is -11.7. The molecule has 0 aromatic heterocycles. The first kappa shape index (κ1) is 50.6. The van der Waals surface area contributed by atoms with Crippen molar-refractivity contribution in [2.24, 2.45) is 16.7 Å². The number of carbonyl (C=O) groups is 6. The fourth-order valence-corrected chi connectivity index (χ4v) is 10.9. The first-order valence-corrected chi connectivity index (χ1v) is 23.1. The van der Waals surface area contributed by atoms with Gasteiger partial charge in [-0.3, -0.25) is 19.3 Å². The molecule has 7 rings (SSSR count). The van der Waals surface area contributed by atoms with Gasteiger partial charge < -0.3 is 53.8 Å². The van der Waals surface area contributed by atoms with Crippen molar-refractivity contribution in [1.29, 1.82) is 0 Å². The Hall–Kier alpha value is -5.24. The molecule has 4 N–H and O–H groups in total. The molecule has 18 heteroatoms. The maximum Gasteiger partial charge on any atom is 0.408 e. The Balaban J connectivity index is 1.35. The third-order valence-electron chi connectivity index (χ3n) is 14.5. The monoisotopic (exact) mass is 948 g/mol. The largest absolute Gasteiger partial charge is 0.455 e. The summed E-state index contributed by atoms with van der Waals surface area (Å²) >= 11 is 0. The number of ketones is 1. The molecule has 5 aliphatic rings. The zero-order chi connectivity index (χ0) is 49.6. The van der Waals surface area contributed by atoms with Crippen LogP contribution in [0.15, 0.2) is 71.8 Å². The van der Waals surface area contributed by atoms with Crippen molar-refractivity contribution in [3.8, 4) is 0 Å². The Morgan fingerprint density at radius 1 is 0.941 bits per heavy atom. The topological polar surface area (TPSA) is 243 Å². The number of Topliss-reactive ketones (excluding diaryl/α,β-unsaturated/α-hetero) is 1. The molecular formula is C50H64N2O16. The quantitative estimate of drug-likeness (QED) is 0.135. The Morgan fingerprint density at radius 2 is 1.57 bits per heavy atom. The number of benzene rings is 2. The average Bonchev–Trinajstić information content (AvgIpc) is 3.28. The molecule has 2 heterocycles. The fraction of sp³-hybridized carbons (Fsp3) is 0.600. The molecule has 4 fully saturated rings. The van der Waals surface area contributed by atoms with Gasteiger partial charge in [0.1, 0.15) is 41.7 Å². The molecule has 0 radical (unpaired) electrons. The third-order valence-corrected chi connectivity index (χ3v) is 14.5. The van der Waals surface area contributed by atoms with Crippen molar-refractivity contribution in [3.63, 3.8) is 0 Å². The maximum atomic E-state index is 15.2. The van der Waals surface area contributed by atoms with Crippen LogP contribution in [0.1, 0.15) is 96.6 Å². The van der Waals surface area contributed by atoms with Crippen molar-refractivity contribution in [3.05, 3.63) is 82.9 Å². The molecule has 2 aliphatic heterocycles. The number of ether oxygens (including phenoxy) is 7. The standard InChI is InChI=1S/C50H64N2O16/c1-28-32(64-44(59)39(65-35(55)19-20-52-21-23-62-24-22-52)37(30-15-11-9-12-16-30)51-45(60)68-46(3,4)5)26-50(61)42(66-43(58)31-17-13-10-14-18-31)40-48(8,41(57)38(56)36(28)47(50,6)7)33(54)25-34-49(40,27-63-34)67-29(2)53/h9-18,32-34,37-40,42,54,56,61H,19-27H2,1-8H3,(H,51,60)/t32-,33-,34+,37-,38+,39+,40?,42-,48+,49-,50+/m0/s1. The van der Waals surface area contributed by atoms with E-state index in [1.807, 2.05) is 4.90 Å². The molecule has 2 saturated carbocycles. The van der Waals surface area contributed by atoms with Gasteiger partial charge in [0.05, 0.1) is 49.2 Å². The van der Waals surface area contributed by atoms with Crippen molar-refractivity contribution >= 4 is 35.8 Å². The normalized spacial score (nSPS) is 32.0. The van der Waals surface area contributed by atoms with Crippen molar-refractivity contribution < 1.29 is 77.2 Å². The molecule has 1 unspecified atom stereocenters. The molecule has 11 atom stereocenters. The number of aliphatic hydroxyl groups excluding tert-OH is 2. The minimum atomic E-state index is -2.41. The van der Waals surface area contributed by atoms with Crippen molar-refractivity contribution in [2.75, 3.05) is 39.5 Å². The van der Waals surface area contributed by atoms with Crippen molar-refractivity contribution in [1.82, 2.24) is 10.2 Å². The number of fused-ring (bicyclic) bond motifs is 5. The Kier molecular flexibility index (Phi) is 14.4. The van der Waals surface area contributed by atoms with Crippen LogP contribution < -0.4 is 5.32 Å². The van der Waals surface area contributed by atoms with Gasteiger partial charge in [-0.25, -0.2) is 14.4 Å². The lowest BCUT2D eigenvalue weighted by atomic mass is 9.44. The van der Waals surface area contributed by atoms with Gasteiger partial charge in [-0.15, -0.1) is 0 Å². The maximum absolute atomic E-state index is 15.2. The molecule has 2 aromatic rings. The number of morpholine rings is 1. The van der Waals surface area contributed by atoms with Gasteiger partial charge in [-0.05, 0) is 63.5 Å². The summed E-state index contributed by atoms with van der Waals surface area (Å²) in [5, 5.41) is 40.9. The van der Waals surface area contributed by atoms with E-state index in [0.717, 1.165) is 6.92 Å². The summed E-state index contributed by atoms with van der Waals surface area (Å²) in [5.74, 6) is -6.19. The van der Waals surface area contributed by atoms with Crippen LogP contribution in [-0.2, 0) is 52.3 Å². The molecule has 370 valence electrons. The van der Waals surface area contributed by atoms with Gasteiger partial charge in [-0.2, -0.15) is 0 Å². The Bertz CT molecular complexity index is 2270. The highest BCUT2D eigenvalue weighted by molar-refractivity contribution is 5.94. The van der Waals surface area contributed by atoms with Crippen LogP contribution in [0.3, 0.4) is 0 Å². The highest BCUT2D eigenvalue weighted by atomic mass is 16.6. The Morgan fingerprint density at radius 3 is 2.16 bits per heavy atom. The summed E-state index contributed by atoms with van der Waals surface area (Å²) in [7, 11) is 0. The molecule has 18 nitrogen and oxygen atoms in total. The number of esters is 4. The zero-order valence-corrected chi connectivity index (χ0v) is 39.9. The predicted octanol–water partition coefficient (Wildman–Crippen LogP) is 3.53. The number of nitrogens with zero attached hydrogens (tertiary/aromatic N) is 1. The minimum Gasteiger partial charge on any atom is -0.455 e. The van der Waals surface area contributed by atoms with Crippen LogP contribution >= 0.6 is 0 Å². The molecule has 2 saturated heterocycles. The predicted molar refractivity (Wildman–Crippen MR) is 239 cm³/mol. The molecule has 2 bridgehead atoms. The number of aliphatic hydroxyl groups is 3. The fourth-order valence-electron chi connectivity index (χ4n) is 10.9. The van der Waals surface area contributed by atoms with Gasteiger partial charge in [0, 0.05) is 44.8 Å². The van der Waals surface area contributed by atoms with E-state index < -0.39 is 118 Å². The minimum absolute atomic E-state index is 0.0665. The van der Waals surface area contributed by atoms with Gasteiger partial charge in [0.25, 0.3) is 0 Å². The number of hydrogen-bond acceptors (Lipinski definition) is 17. The van der Waals surface area contributed by atoms with Gasteiger partial charge >= 0.3 is 30.0 Å². The first-order valence-electron chi connectivity index (χ1n) is 23.1. The number of carbonyl (C=O) groups excluding carboxylic acids is 6. The van der Waals surface area contributed by atoms with Crippen LogP contribution in [-0.4, -0.2) is 149 Å². The zero-order valence-electron chi connectivity index (χ0n) is 39.9. The first-order chi connectivity index (χ1) is 31.9. The molecule has 2 aromatic carbocycles. The van der Waals surface area contributed by atoms with Gasteiger partial charge in [0.15, 0.2) is 11.4 Å². The summed E-state index contributed by atoms with van der Waals surface area (Å²) in [5.41, 5.74) is -8.42. The number of amides is 1. The number of hydrogen-bond donors (Lipinski definition) is 4. The van der Waals surface area contributed by atoms with Crippen LogP contribution in [0.4, 0.5) is 4.79 Å². The van der Waals surface area contributed by atoms with E-state index >= 15 is 9.59 Å². The van der Waals surface area contributed by atoms with Gasteiger partial charge in [-0.1, -0.05) is 62.4 Å². The molecule has 3 aliphatic carbocycles. The van der Waals surface area contributed by atoms with E-state index in [2.05, 4.69) is 5.32 Å². The van der Waals surface area contributed by atoms with E-state index in [-0.39, 0.29) is 42.7 Å². The van der Waals surface area contributed by atoms with Crippen LogP contribution in [0, 0.1) is 16.7 Å². The summed E-state index contributed by atoms with van der Waals surface area (Å²) in [4.78, 5) is 87.0. The number of nitrogens with one attached hydrogen (secondary N) is 1. The molecular weight excluding hydrogens is 885 g/mol. The number of rotatable bonds is 12. The van der Waals surface area contributed by atoms with E-state index in [0.29, 0.717) is 31.9 Å². The second-order valence-corrected chi connectivity index (χ2v) is 20.2. The van der Waals surface area contributed by atoms with Crippen LogP contribution in [0.5, 0.6) is 0 Å². The van der Waals surface area contributed by atoms with E-state index in [1.54, 1.807) is 83.1 Å². The van der Waals surface area contributed by atoms with E-state index in [4.69, 9.17) is 33.2 Å². The summed E-state index contributed by atoms with van der Waals surface area (Å²) in [6.45, 7) is 14.2. The highest BCUT2D eigenvalue weighted by Crippen LogP contribution is 2.64. The van der Waals surface area contributed by atoms with Gasteiger partial charge in [0.2, 0.25) is 6.10 Å². The summed E-state index contributed by atoms with van der Waals surface area (Å²) < 4.78 is 41.7. The Labute approximate surface area is 395 Å². The second kappa shape index (κ2) is 19.3. The lowest BCUT2D eigenvalue weighted by molar-refractivity contribution is -0.346. The highest BCUT2D eigenvalue weighted by Gasteiger charge is 2.78. The smallest absolute Gasteiger partial charge is 0.408 e. The molecule has 0 spiro atoms. The molecule has 1 amide bonds. The third kappa shape index (κ3) is 9.42. The van der Waals surface area contributed by atoms with Crippen LogP contribution in [0.2, 0.25) is 0 Å². The molecule has 68 heavy (non-hydrogen) atoms. The number of alkyl carbamates (subject to hydrolysis) is 1. The lowest BCUT2D eigenvalue weighted by Gasteiger charge is -2.67. The SMILES string of the molecule is CC(=O)O[C@@]12CO[C@@H]1C[C@H](O)[C@@]1(C)C(=O)[C@H](O)C3=C(C)[C@@H](OC(=O)[C@H](OC(=O)CCN4CCOCC4)[C@@H](NC(=O)OC(C)(C)C)c4ccccc4)C[C@@](O)([C@@H](OC(=O)c4ccccc4)C12)C3(C)C. The van der Waals surface area contributed by atoms with Crippen molar-refractivity contribution in [2.45, 2.75) is 134 Å². The summed E-state index contributed by atoms with van der Waals surface area (Å²) in [6, 6.07) is 14.7. The van der Waals surface area contributed by atoms with E-state index in [1.165, 1.54) is 26.0 Å².